The summed E-state index contributed by atoms with van der Waals surface area (Å²) in [7, 11) is 3.91. The fourth-order valence-electron chi connectivity index (χ4n) is 1.85. The molecule has 1 nitrogen and oxygen atoms in total. The van der Waals surface area contributed by atoms with E-state index in [4.69, 9.17) is 0 Å². The molecule has 0 radical (unpaired) electrons. The molecule has 0 heterocycles. The molecule has 0 amide bonds. The lowest BCUT2D eigenvalue weighted by Gasteiger charge is -2.15. The molecule has 0 N–H and O–H groups in total. The number of halogens is 3. The van der Waals surface area contributed by atoms with Crippen LogP contribution in [-0.4, -0.2) is 25.5 Å². The minimum Gasteiger partial charge on any atom is -0.309 e. The summed E-state index contributed by atoms with van der Waals surface area (Å²) in [6, 6.07) is 4.41. The van der Waals surface area contributed by atoms with E-state index >= 15 is 0 Å². The predicted molar refractivity (Wildman–Crippen MR) is 63.1 cm³/mol. The Morgan fingerprint density at radius 3 is 2.35 bits per heavy atom. The van der Waals surface area contributed by atoms with E-state index in [2.05, 4.69) is 0 Å². The zero-order chi connectivity index (χ0) is 13.1. The fraction of sp³-hybridized carbons (Fsp3) is 0.538. The van der Waals surface area contributed by atoms with Gasteiger partial charge in [0.15, 0.2) is 0 Å². The fourth-order valence-corrected chi connectivity index (χ4v) is 1.85. The zero-order valence-corrected chi connectivity index (χ0v) is 10.4. The summed E-state index contributed by atoms with van der Waals surface area (Å²) >= 11 is 0. The molecule has 4 heteroatoms. The summed E-state index contributed by atoms with van der Waals surface area (Å²) in [5, 5.41) is 0. The van der Waals surface area contributed by atoms with E-state index in [9.17, 15) is 13.2 Å². The van der Waals surface area contributed by atoms with Crippen molar-refractivity contribution in [2.24, 2.45) is 0 Å². The zero-order valence-electron chi connectivity index (χ0n) is 10.4. The van der Waals surface area contributed by atoms with Crippen LogP contribution in [0.25, 0.3) is 0 Å². The van der Waals surface area contributed by atoms with Crippen LogP contribution in [0.3, 0.4) is 0 Å². The van der Waals surface area contributed by atoms with Crippen LogP contribution >= 0.6 is 0 Å². The Morgan fingerprint density at radius 1 is 1.18 bits per heavy atom. The second-order valence-electron chi connectivity index (χ2n) is 4.49. The summed E-state index contributed by atoms with van der Waals surface area (Å²) in [5.41, 5.74) is 0.639. The molecule has 0 spiro atoms. The van der Waals surface area contributed by atoms with Crippen molar-refractivity contribution in [2.45, 2.75) is 25.9 Å². The molecule has 0 aliphatic carbocycles. The van der Waals surface area contributed by atoms with Gasteiger partial charge in [0, 0.05) is 0 Å². The molecule has 96 valence electrons. The van der Waals surface area contributed by atoms with Gasteiger partial charge in [-0.2, -0.15) is 13.2 Å². The maximum absolute atomic E-state index is 12.7. The predicted octanol–water partition coefficient (Wildman–Crippen LogP) is 3.51. The molecular formula is C13H18F3N. The first-order valence-electron chi connectivity index (χ1n) is 5.63. The quantitative estimate of drug-likeness (QED) is 0.784. The standard InChI is InChI=1S/C13H18F3N/c1-10-11(7-5-9-17(2)3)6-4-8-12(10)13(14,15)16/h4,6,8H,5,7,9H2,1-3H3. The van der Waals surface area contributed by atoms with Crippen molar-refractivity contribution in [2.75, 3.05) is 20.6 Å². The number of hydrogen-bond donors (Lipinski definition) is 0. The van der Waals surface area contributed by atoms with Crippen LogP contribution in [0.2, 0.25) is 0 Å². The van der Waals surface area contributed by atoms with Gasteiger partial charge in [-0.3, -0.25) is 0 Å². The number of hydrogen-bond acceptors (Lipinski definition) is 1. The molecule has 0 saturated heterocycles. The van der Waals surface area contributed by atoms with Gasteiger partial charge in [0.2, 0.25) is 0 Å². The van der Waals surface area contributed by atoms with Gasteiger partial charge >= 0.3 is 6.18 Å². The van der Waals surface area contributed by atoms with Crippen molar-refractivity contribution in [3.8, 4) is 0 Å². The number of alkyl halides is 3. The van der Waals surface area contributed by atoms with Crippen LogP contribution < -0.4 is 0 Å². The first-order chi connectivity index (χ1) is 7.82. The third-order valence-electron chi connectivity index (χ3n) is 2.80. The van der Waals surface area contributed by atoms with E-state index in [1.165, 1.54) is 6.07 Å². The van der Waals surface area contributed by atoms with Crippen LogP contribution in [-0.2, 0) is 12.6 Å². The first kappa shape index (κ1) is 14.0. The molecular weight excluding hydrogens is 227 g/mol. The van der Waals surface area contributed by atoms with E-state index < -0.39 is 11.7 Å². The Labute approximate surface area is 100 Å². The van der Waals surface area contributed by atoms with Gasteiger partial charge in [-0.1, -0.05) is 12.1 Å². The number of nitrogens with zero attached hydrogens (tertiary/aromatic N) is 1. The molecule has 0 aromatic heterocycles. The molecule has 0 unspecified atom stereocenters. The van der Waals surface area contributed by atoms with Gasteiger partial charge in [0.1, 0.15) is 0 Å². The maximum atomic E-state index is 12.7. The summed E-state index contributed by atoms with van der Waals surface area (Å²) in [6.07, 6.45) is -2.69. The van der Waals surface area contributed by atoms with Crippen LogP contribution in [0.1, 0.15) is 23.1 Å². The van der Waals surface area contributed by atoms with E-state index in [-0.39, 0.29) is 0 Å². The third kappa shape index (κ3) is 4.04. The Morgan fingerprint density at radius 2 is 1.82 bits per heavy atom. The average molecular weight is 245 g/mol. The largest absolute Gasteiger partial charge is 0.416 e. The molecule has 1 rings (SSSR count). The lowest BCUT2D eigenvalue weighted by molar-refractivity contribution is -0.138. The summed E-state index contributed by atoms with van der Waals surface area (Å²) in [4.78, 5) is 2.03. The summed E-state index contributed by atoms with van der Waals surface area (Å²) in [5.74, 6) is 0. The normalized spacial score (nSPS) is 12.2. The highest BCUT2D eigenvalue weighted by atomic mass is 19.4. The van der Waals surface area contributed by atoms with E-state index in [0.717, 1.165) is 24.6 Å². The van der Waals surface area contributed by atoms with Crippen LogP contribution in [0.15, 0.2) is 18.2 Å². The Kier molecular flexibility index (Phi) is 4.57. The molecule has 0 aliphatic heterocycles. The second-order valence-corrected chi connectivity index (χ2v) is 4.49. The Hall–Kier alpha value is -1.03. The minimum absolute atomic E-state index is 0.360. The minimum atomic E-state index is -4.25. The molecule has 0 aliphatic rings. The van der Waals surface area contributed by atoms with Crippen molar-refractivity contribution in [1.29, 1.82) is 0 Å². The van der Waals surface area contributed by atoms with Gasteiger partial charge in [-0.15, -0.1) is 0 Å². The Bertz CT molecular complexity index is 369. The van der Waals surface area contributed by atoms with E-state index in [1.807, 2.05) is 19.0 Å². The van der Waals surface area contributed by atoms with Gasteiger partial charge in [0.25, 0.3) is 0 Å². The monoisotopic (exact) mass is 245 g/mol. The lowest BCUT2D eigenvalue weighted by atomic mass is 9.98. The lowest BCUT2D eigenvalue weighted by Crippen LogP contribution is -2.14. The summed E-state index contributed by atoms with van der Waals surface area (Å²) < 4.78 is 38.0. The number of aryl methyl sites for hydroxylation is 1. The van der Waals surface area contributed by atoms with Crippen LogP contribution in [0.5, 0.6) is 0 Å². The van der Waals surface area contributed by atoms with E-state index in [0.29, 0.717) is 12.0 Å². The molecule has 1 aromatic rings. The topological polar surface area (TPSA) is 3.24 Å². The van der Waals surface area contributed by atoms with Crippen molar-refractivity contribution < 1.29 is 13.2 Å². The number of rotatable bonds is 4. The highest BCUT2D eigenvalue weighted by Gasteiger charge is 2.32. The van der Waals surface area contributed by atoms with Crippen molar-refractivity contribution in [1.82, 2.24) is 4.90 Å². The van der Waals surface area contributed by atoms with Crippen molar-refractivity contribution in [3.05, 3.63) is 34.9 Å². The molecule has 0 atom stereocenters. The maximum Gasteiger partial charge on any atom is 0.416 e. The average Bonchev–Trinajstić information content (AvgIpc) is 2.18. The van der Waals surface area contributed by atoms with Crippen molar-refractivity contribution in [3.63, 3.8) is 0 Å². The molecule has 0 fully saturated rings. The van der Waals surface area contributed by atoms with Crippen molar-refractivity contribution >= 4 is 0 Å². The first-order valence-corrected chi connectivity index (χ1v) is 5.63. The van der Waals surface area contributed by atoms with Gasteiger partial charge < -0.3 is 4.90 Å². The SMILES string of the molecule is Cc1c(CCCN(C)C)cccc1C(F)(F)F. The molecule has 17 heavy (non-hydrogen) atoms. The highest BCUT2D eigenvalue weighted by molar-refractivity contribution is 5.36. The van der Waals surface area contributed by atoms with Gasteiger partial charge in [-0.25, -0.2) is 0 Å². The Balaban J connectivity index is 2.81. The van der Waals surface area contributed by atoms with Crippen LogP contribution in [0, 0.1) is 6.92 Å². The second kappa shape index (κ2) is 5.54. The molecule has 0 bridgehead atoms. The molecule has 0 saturated carbocycles. The third-order valence-corrected chi connectivity index (χ3v) is 2.80. The van der Waals surface area contributed by atoms with E-state index in [1.54, 1.807) is 13.0 Å². The van der Waals surface area contributed by atoms with Crippen LogP contribution in [0.4, 0.5) is 13.2 Å². The smallest absolute Gasteiger partial charge is 0.309 e. The highest BCUT2D eigenvalue weighted by Crippen LogP contribution is 2.33. The van der Waals surface area contributed by atoms with Gasteiger partial charge in [-0.05, 0) is 57.6 Å². The molecule has 1 aromatic carbocycles. The van der Waals surface area contributed by atoms with Gasteiger partial charge in [0.05, 0.1) is 5.56 Å². The summed E-state index contributed by atoms with van der Waals surface area (Å²) in [6.45, 7) is 2.43. The number of benzene rings is 1.